The number of H-pyrrole nitrogens is 1. The minimum Gasteiger partial charge on any atom is -0.359 e. The van der Waals surface area contributed by atoms with E-state index in [2.05, 4.69) is 25.5 Å². The predicted molar refractivity (Wildman–Crippen MR) is 101 cm³/mol. The summed E-state index contributed by atoms with van der Waals surface area (Å²) in [4.78, 5) is 33.5. The van der Waals surface area contributed by atoms with Crippen molar-refractivity contribution in [3.05, 3.63) is 29.0 Å². The molecule has 1 saturated heterocycles. The van der Waals surface area contributed by atoms with Gasteiger partial charge in [0.15, 0.2) is 0 Å². The maximum atomic E-state index is 12.2. The van der Waals surface area contributed by atoms with Crippen LogP contribution in [0.15, 0.2) is 18.2 Å². The molecular formula is C18H24ClN5O2. The average molecular weight is 378 g/mol. The molecule has 8 heteroatoms. The van der Waals surface area contributed by atoms with Gasteiger partial charge < -0.3 is 15.6 Å². The molecule has 7 nitrogen and oxygen atoms in total. The number of amides is 2. The quantitative estimate of drug-likeness (QED) is 0.711. The molecular weight excluding hydrogens is 354 g/mol. The van der Waals surface area contributed by atoms with E-state index in [4.69, 9.17) is 11.6 Å². The van der Waals surface area contributed by atoms with Crippen LogP contribution in [-0.4, -0.2) is 59.4 Å². The zero-order valence-electron chi connectivity index (χ0n) is 15.0. The van der Waals surface area contributed by atoms with Gasteiger partial charge in [-0.15, -0.1) is 0 Å². The van der Waals surface area contributed by atoms with Crippen LogP contribution in [0.3, 0.4) is 0 Å². The van der Waals surface area contributed by atoms with Crippen LogP contribution in [0.1, 0.15) is 25.1 Å². The van der Waals surface area contributed by atoms with Crippen molar-refractivity contribution in [3.63, 3.8) is 0 Å². The van der Waals surface area contributed by atoms with Crippen molar-refractivity contribution in [1.29, 1.82) is 0 Å². The number of aromatic amines is 1. The fourth-order valence-electron chi connectivity index (χ4n) is 3.46. The Labute approximate surface area is 157 Å². The fourth-order valence-corrected chi connectivity index (χ4v) is 3.64. The topological polar surface area (TPSA) is 90.1 Å². The SMILES string of the molecule is CNC(=O)C[C@H]1CC[C@@H](CNC(=O)Cc2nc3ccc(Cl)cc3[nH]2)N1C. The first-order valence-electron chi connectivity index (χ1n) is 8.79. The Balaban J connectivity index is 1.50. The smallest absolute Gasteiger partial charge is 0.227 e. The number of carbonyl (C=O) groups is 2. The molecule has 2 heterocycles. The molecule has 0 bridgehead atoms. The fraction of sp³-hybridized carbons (Fsp3) is 0.500. The lowest BCUT2D eigenvalue weighted by atomic mass is 10.1. The van der Waals surface area contributed by atoms with Crippen molar-refractivity contribution in [3.8, 4) is 0 Å². The minimum atomic E-state index is -0.0710. The number of fused-ring (bicyclic) bond motifs is 1. The zero-order chi connectivity index (χ0) is 18.7. The molecule has 2 aromatic rings. The Kier molecular flexibility index (Phi) is 5.78. The number of likely N-dealkylation sites (tertiary alicyclic amines) is 1. The minimum absolute atomic E-state index is 0.0523. The molecule has 0 spiro atoms. The summed E-state index contributed by atoms with van der Waals surface area (Å²) in [7, 11) is 3.67. The van der Waals surface area contributed by atoms with Crippen LogP contribution in [0, 0.1) is 0 Å². The van der Waals surface area contributed by atoms with Gasteiger partial charge in [-0.05, 0) is 38.1 Å². The molecule has 140 valence electrons. The van der Waals surface area contributed by atoms with Crippen LogP contribution in [0.25, 0.3) is 11.0 Å². The summed E-state index contributed by atoms with van der Waals surface area (Å²) in [6, 6.07) is 5.89. The molecule has 1 aromatic heterocycles. The molecule has 0 saturated carbocycles. The number of likely N-dealkylation sites (N-methyl/N-ethyl adjacent to an activating group) is 1. The molecule has 0 unspecified atom stereocenters. The number of nitrogens with zero attached hydrogens (tertiary/aromatic N) is 2. The second kappa shape index (κ2) is 8.05. The number of nitrogens with one attached hydrogen (secondary N) is 3. The molecule has 0 radical (unpaired) electrons. The Morgan fingerprint density at radius 1 is 1.31 bits per heavy atom. The van der Waals surface area contributed by atoms with Gasteiger partial charge in [0.2, 0.25) is 11.8 Å². The maximum Gasteiger partial charge on any atom is 0.227 e. The summed E-state index contributed by atoms with van der Waals surface area (Å²) in [6.07, 6.45) is 2.64. The lowest BCUT2D eigenvalue weighted by molar-refractivity contribution is -0.122. The van der Waals surface area contributed by atoms with Crippen LogP contribution in [0.2, 0.25) is 5.02 Å². The highest BCUT2D eigenvalue weighted by Crippen LogP contribution is 2.24. The molecule has 1 aliphatic rings. The molecule has 0 aliphatic carbocycles. The van der Waals surface area contributed by atoms with E-state index in [0.29, 0.717) is 23.8 Å². The van der Waals surface area contributed by atoms with Crippen molar-refractivity contribution in [2.24, 2.45) is 0 Å². The maximum absolute atomic E-state index is 12.2. The summed E-state index contributed by atoms with van der Waals surface area (Å²) in [5.41, 5.74) is 1.62. The van der Waals surface area contributed by atoms with E-state index in [1.165, 1.54) is 0 Å². The van der Waals surface area contributed by atoms with E-state index in [-0.39, 0.29) is 30.3 Å². The first-order chi connectivity index (χ1) is 12.5. The summed E-state index contributed by atoms with van der Waals surface area (Å²) in [5.74, 6) is 0.604. The number of rotatable bonds is 6. The Hall–Kier alpha value is -2.12. The number of carbonyl (C=O) groups excluding carboxylic acids is 2. The van der Waals surface area contributed by atoms with Gasteiger partial charge in [0.05, 0.1) is 17.5 Å². The molecule has 1 fully saturated rings. The number of hydrogen-bond donors (Lipinski definition) is 3. The van der Waals surface area contributed by atoms with Crippen LogP contribution in [0.4, 0.5) is 0 Å². The highest BCUT2D eigenvalue weighted by molar-refractivity contribution is 6.31. The van der Waals surface area contributed by atoms with Gasteiger partial charge in [-0.3, -0.25) is 14.5 Å². The van der Waals surface area contributed by atoms with Gasteiger partial charge in [-0.1, -0.05) is 11.6 Å². The van der Waals surface area contributed by atoms with E-state index in [9.17, 15) is 9.59 Å². The van der Waals surface area contributed by atoms with Gasteiger partial charge in [-0.25, -0.2) is 4.98 Å². The van der Waals surface area contributed by atoms with Crippen LogP contribution >= 0.6 is 11.6 Å². The van der Waals surface area contributed by atoms with E-state index in [0.717, 1.165) is 23.9 Å². The van der Waals surface area contributed by atoms with Crippen LogP contribution in [0.5, 0.6) is 0 Å². The summed E-state index contributed by atoms with van der Waals surface area (Å²) in [6.45, 7) is 0.575. The van der Waals surface area contributed by atoms with E-state index in [1.807, 2.05) is 13.1 Å². The number of benzene rings is 1. The van der Waals surface area contributed by atoms with E-state index < -0.39 is 0 Å². The highest BCUT2D eigenvalue weighted by Gasteiger charge is 2.31. The van der Waals surface area contributed by atoms with Gasteiger partial charge in [0.1, 0.15) is 5.82 Å². The molecule has 1 aromatic carbocycles. The number of imidazole rings is 1. The highest BCUT2D eigenvalue weighted by atomic mass is 35.5. The lowest BCUT2D eigenvalue weighted by Crippen LogP contribution is -2.42. The summed E-state index contributed by atoms with van der Waals surface area (Å²) in [5, 5.41) is 6.28. The molecule has 3 N–H and O–H groups in total. The van der Waals surface area contributed by atoms with E-state index >= 15 is 0 Å². The van der Waals surface area contributed by atoms with Crippen molar-refractivity contribution >= 4 is 34.4 Å². The average Bonchev–Trinajstić information content (AvgIpc) is 3.16. The van der Waals surface area contributed by atoms with Crippen molar-refractivity contribution in [2.45, 2.75) is 37.8 Å². The lowest BCUT2D eigenvalue weighted by Gasteiger charge is -2.25. The van der Waals surface area contributed by atoms with Gasteiger partial charge in [0, 0.05) is 37.1 Å². The van der Waals surface area contributed by atoms with Crippen molar-refractivity contribution in [1.82, 2.24) is 25.5 Å². The Bertz CT molecular complexity index is 806. The summed E-state index contributed by atoms with van der Waals surface area (Å²) >= 11 is 5.97. The third-order valence-corrected chi connectivity index (χ3v) is 5.28. The Morgan fingerprint density at radius 3 is 2.85 bits per heavy atom. The van der Waals surface area contributed by atoms with Crippen LogP contribution in [-0.2, 0) is 16.0 Å². The molecule has 2 atom stereocenters. The van der Waals surface area contributed by atoms with Gasteiger partial charge >= 0.3 is 0 Å². The third kappa shape index (κ3) is 4.34. The normalized spacial score (nSPS) is 20.4. The first-order valence-corrected chi connectivity index (χ1v) is 9.17. The molecule has 3 rings (SSSR count). The predicted octanol–water partition coefficient (Wildman–Crippen LogP) is 1.47. The zero-order valence-corrected chi connectivity index (χ0v) is 15.8. The number of hydrogen-bond acceptors (Lipinski definition) is 4. The van der Waals surface area contributed by atoms with Gasteiger partial charge in [-0.2, -0.15) is 0 Å². The molecule has 1 aliphatic heterocycles. The van der Waals surface area contributed by atoms with Crippen LogP contribution < -0.4 is 10.6 Å². The van der Waals surface area contributed by atoms with Crippen molar-refractivity contribution in [2.75, 3.05) is 20.6 Å². The largest absolute Gasteiger partial charge is 0.359 e. The van der Waals surface area contributed by atoms with Gasteiger partial charge in [0.25, 0.3) is 0 Å². The van der Waals surface area contributed by atoms with E-state index in [1.54, 1.807) is 19.2 Å². The summed E-state index contributed by atoms with van der Waals surface area (Å²) < 4.78 is 0. The second-order valence-corrected chi connectivity index (χ2v) is 7.19. The number of aromatic nitrogens is 2. The monoisotopic (exact) mass is 377 g/mol. The third-order valence-electron chi connectivity index (χ3n) is 5.04. The van der Waals surface area contributed by atoms with Crippen molar-refractivity contribution < 1.29 is 9.59 Å². The molecule has 2 amide bonds. The number of halogens is 1. The second-order valence-electron chi connectivity index (χ2n) is 6.75. The Morgan fingerprint density at radius 2 is 2.08 bits per heavy atom. The standard InChI is InChI=1S/C18H24ClN5O2/c1-20-17(25)8-12-4-5-13(24(12)2)10-21-18(26)9-16-22-14-6-3-11(19)7-15(14)23-16/h3,6-7,12-13H,4-5,8-10H2,1-2H3,(H,20,25)(H,21,26)(H,22,23)/t12-,13+/m1/s1. The molecule has 26 heavy (non-hydrogen) atoms. The first kappa shape index (κ1) is 18.7.